The van der Waals surface area contributed by atoms with Gasteiger partial charge in [0.25, 0.3) is 0 Å². The summed E-state index contributed by atoms with van der Waals surface area (Å²) in [6.45, 7) is 2.68. The van der Waals surface area contributed by atoms with Crippen LogP contribution in [0.3, 0.4) is 0 Å². The normalized spacial score (nSPS) is 14.5. The summed E-state index contributed by atoms with van der Waals surface area (Å²) in [7, 11) is 0. The molecule has 0 atom stereocenters. The third-order valence-electron chi connectivity index (χ3n) is 3.80. The molecule has 0 bridgehead atoms. The lowest BCUT2D eigenvalue weighted by atomic mass is 10.2. The van der Waals surface area contributed by atoms with Gasteiger partial charge in [-0.15, -0.1) is 0 Å². The Labute approximate surface area is 123 Å². The van der Waals surface area contributed by atoms with Crippen molar-refractivity contribution in [1.29, 1.82) is 0 Å². The number of nitrogens with zero attached hydrogens (tertiary/aromatic N) is 1. The lowest BCUT2D eigenvalue weighted by Crippen LogP contribution is -2.17. The summed E-state index contributed by atoms with van der Waals surface area (Å²) in [5.41, 5.74) is 2.92. The molecule has 2 nitrogen and oxygen atoms in total. The highest BCUT2D eigenvalue weighted by molar-refractivity contribution is 5.58. The van der Waals surface area contributed by atoms with Crippen molar-refractivity contribution in [2.24, 2.45) is 0 Å². The fourth-order valence-corrected chi connectivity index (χ4v) is 2.64. The first-order valence-electron chi connectivity index (χ1n) is 7.25. The monoisotopic (exact) mass is 288 g/mol. The van der Waals surface area contributed by atoms with E-state index >= 15 is 0 Å². The Hall–Kier alpha value is -2.10. The van der Waals surface area contributed by atoms with Gasteiger partial charge in [0.2, 0.25) is 0 Å². The van der Waals surface area contributed by atoms with Crippen LogP contribution in [0.15, 0.2) is 42.5 Å². The lowest BCUT2D eigenvalue weighted by Gasteiger charge is -2.18. The molecule has 3 rings (SSSR count). The molecule has 1 saturated heterocycles. The Morgan fingerprint density at radius 2 is 1.76 bits per heavy atom. The molecule has 110 valence electrons. The van der Waals surface area contributed by atoms with E-state index in [0.29, 0.717) is 6.54 Å². The van der Waals surface area contributed by atoms with E-state index in [1.165, 1.54) is 24.6 Å². The standard InChI is InChI=1S/C17H18F2N2/c18-16-7-6-13(10-17(16)19)12-20-14-4-3-5-15(11-14)21-8-1-2-9-21/h3-7,10-11,20H,1-2,8-9,12H2. The van der Waals surface area contributed by atoms with Crippen LogP contribution in [0.5, 0.6) is 0 Å². The highest BCUT2D eigenvalue weighted by Gasteiger charge is 2.12. The van der Waals surface area contributed by atoms with Gasteiger partial charge >= 0.3 is 0 Å². The molecule has 0 spiro atoms. The van der Waals surface area contributed by atoms with E-state index in [2.05, 4.69) is 22.3 Å². The van der Waals surface area contributed by atoms with Crippen LogP contribution in [0, 0.1) is 11.6 Å². The Balaban J connectivity index is 1.67. The summed E-state index contributed by atoms with van der Waals surface area (Å²) in [5.74, 6) is -1.62. The van der Waals surface area contributed by atoms with E-state index in [1.54, 1.807) is 6.07 Å². The van der Waals surface area contributed by atoms with Crippen LogP contribution in [-0.4, -0.2) is 13.1 Å². The molecule has 4 heteroatoms. The Kier molecular flexibility index (Phi) is 4.04. The van der Waals surface area contributed by atoms with E-state index in [9.17, 15) is 8.78 Å². The van der Waals surface area contributed by atoms with Gasteiger partial charge in [0.05, 0.1) is 0 Å². The number of rotatable bonds is 4. The molecular formula is C17H18F2N2. The van der Waals surface area contributed by atoms with Crippen molar-refractivity contribution in [1.82, 2.24) is 0 Å². The molecular weight excluding hydrogens is 270 g/mol. The minimum Gasteiger partial charge on any atom is -0.381 e. The van der Waals surface area contributed by atoms with Gasteiger partial charge in [-0.1, -0.05) is 12.1 Å². The van der Waals surface area contributed by atoms with E-state index < -0.39 is 11.6 Å². The van der Waals surface area contributed by atoms with E-state index in [-0.39, 0.29) is 0 Å². The Morgan fingerprint density at radius 1 is 0.952 bits per heavy atom. The van der Waals surface area contributed by atoms with Gasteiger partial charge in [-0.25, -0.2) is 8.78 Å². The molecule has 1 heterocycles. The van der Waals surface area contributed by atoms with Gasteiger partial charge in [0, 0.05) is 31.0 Å². The largest absolute Gasteiger partial charge is 0.381 e. The number of halogens is 2. The molecule has 0 saturated carbocycles. The maximum absolute atomic E-state index is 13.2. The molecule has 1 fully saturated rings. The van der Waals surface area contributed by atoms with Crippen molar-refractivity contribution >= 4 is 11.4 Å². The fourth-order valence-electron chi connectivity index (χ4n) is 2.64. The van der Waals surface area contributed by atoms with Crippen LogP contribution in [0.1, 0.15) is 18.4 Å². The van der Waals surface area contributed by atoms with Gasteiger partial charge in [0.15, 0.2) is 11.6 Å². The van der Waals surface area contributed by atoms with Crippen molar-refractivity contribution < 1.29 is 8.78 Å². The zero-order valence-corrected chi connectivity index (χ0v) is 11.8. The molecule has 0 radical (unpaired) electrons. The van der Waals surface area contributed by atoms with E-state index in [4.69, 9.17) is 0 Å². The highest BCUT2D eigenvalue weighted by atomic mass is 19.2. The minimum absolute atomic E-state index is 0.473. The van der Waals surface area contributed by atoms with Crippen LogP contribution in [0.4, 0.5) is 20.2 Å². The predicted molar refractivity (Wildman–Crippen MR) is 81.6 cm³/mol. The predicted octanol–water partition coefficient (Wildman–Crippen LogP) is 4.18. The molecule has 0 aliphatic carbocycles. The van der Waals surface area contributed by atoms with Gasteiger partial charge in [0.1, 0.15) is 0 Å². The number of anilines is 2. The van der Waals surface area contributed by atoms with Crippen LogP contribution >= 0.6 is 0 Å². The van der Waals surface area contributed by atoms with Crippen LogP contribution in [0.25, 0.3) is 0 Å². The number of hydrogen-bond acceptors (Lipinski definition) is 2. The molecule has 0 unspecified atom stereocenters. The van der Waals surface area contributed by atoms with E-state index in [1.807, 2.05) is 12.1 Å². The average molecular weight is 288 g/mol. The summed E-state index contributed by atoms with van der Waals surface area (Å²) in [4.78, 5) is 2.36. The van der Waals surface area contributed by atoms with Gasteiger partial charge in [-0.3, -0.25) is 0 Å². The van der Waals surface area contributed by atoms with Crippen molar-refractivity contribution in [3.63, 3.8) is 0 Å². The summed E-state index contributed by atoms with van der Waals surface area (Å²) >= 11 is 0. The maximum atomic E-state index is 13.2. The topological polar surface area (TPSA) is 15.3 Å². The smallest absolute Gasteiger partial charge is 0.159 e. The van der Waals surface area contributed by atoms with Crippen LogP contribution in [-0.2, 0) is 6.54 Å². The summed E-state index contributed by atoms with van der Waals surface area (Å²) in [6.07, 6.45) is 2.49. The summed E-state index contributed by atoms with van der Waals surface area (Å²) in [6, 6.07) is 12.2. The molecule has 2 aromatic carbocycles. The molecule has 1 aliphatic rings. The number of hydrogen-bond donors (Lipinski definition) is 1. The minimum atomic E-state index is -0.810. The second-order valence-electron chi connectivity index (χ2n) is 5.35. The SMILES string of the molecule is Fc1ccc(CNc2cccc(N3CCCC3)c2)cc1F. The lowest BCUT2D eigenvalue weighted by molar-refractivity contribution is 0.507. The number of benzene rings is 2. The van der Waals surface area contributed by atoms with Crippen LogP contribution in [0.2, 0.25) is 0 Å². The molecule has 0 amide bonds. The van der Waals surface area contributed by atoms with Crippen LogP contribution < -0.4 is 10.2 Å². The second-order valence-corrected chi connectivity index (χ2v) is 5.35. The quantitative estimate of drug-likeness (QED) is 0.908. The van der Waals surface area contributed by atoms with Gasteiger partial charge in [-0.2, -0.15) is 0 Å². The van der Waals surface area contributed by atoms with Crippen molar-refractivity contribution in [3.05, 3.63) is 59.7 Å². The zero-order chi connectivity index (χ0) is 14.7. The zero-order valence-electron chi connectivity index (χ0n) is 11.8. The first-order chi connectivity index (χ1) is 10.2. The third kappa shape index (κ3) is 3.32. The summed E-state index contributed by atoms with van der Waals surface area (Å²) in [5, 5.41) is 3.26. The molecule has 2 aromatic rings. The third-order valence-corrected chi connectivity index (χ3v) is 3.80. The molecule has 1 N–H and O–H groups in total. The van der Waals surface area contributed by atoms with Crippen molar-refractivity contribution in [2.75, 3.05) is 23.3 Å². The Bertz CT molecular complexity index is 622. The number of nitrogens with one attached hydrogen (secondary N) is 1. The maximum Gasteiger partial charge on any atom is 0.159 e. The first kappa shape index (κ1) is 13.9. The molecule has 21 heavy (non-hydrogen) atoms. The van der Waals surface area contributed by atoms with Crippen molar-refractivity contribution in [3.8, 4) is 0 Å². The Morgan fingerprint density at radius 3 is 2.52 bits per heavy atom. The van der Waals surface area contributed by atoms with Gasteiger partial charge in [-0.05, 0) is 48.7 Å². The molecule has 1 aliphatic heterocycles. The fraction of sp³-hybridized carbons (Fsp3) is 0.294. The second kappa shape index (κ2) is 6.12. The summed E-state index contributed by atoms with van der Waals surface area (Å²) < 4.78 is 26.1. The highest BCUT2D eigenvalue weighted by Crippen LogP contribution is 2.23. The molecule has 0 aromatic heterocycles. The first-order valence-corrected chi connectivity index (χ1v) is 7.25. The average Bonchev–Trinajstić information content (AvgIpc) is 3.03. The van der Waals surface area contributed by atoms with Gasteiger partial charge < -0.3 is 10.2 Å². The van der Waals surface area contributed by atoms with E-state index in [0.717, 1.165) is 30.4 Å². The van der Waals surface area contributed by atoms with Crippen molar-refractivity contribution in [2.45, 2.75) is 19.4 Å².